The summed E-state index contributed by atoms with van der Waals surface area (Å²) in [6, 6.07) is 13.9. The Morgan fingerprint density at radius 1 is 0.962 bits per heavy atom. The van der Waals surface area contributed by atoms with Gasteiger partial charge in [0.1, 0.15) is 5.01 Å². The Balaban J connectivity index is 1.62. The topological polar surface area (TPSA) is 73.8 Å². The van der Waals surface area contributed by atoms with E-state index in [9.17, 15) is 0 Å². The summed E-state index contributed by atoms with van der Waals surface area (Å²) < 4.78 is 3.67. The van der Waals surface area contributed by atoms with E-state index in [-0.39, 0.29) is 0 Å². The molecule has 0 aliphatic carbocycles. The summed E-state index contributed by atoms with van der Waals surface area (Å²) in [6.07, 6.45) is 5.32. The average molecular weight is 359 g/mol. The Hall–Kier alpha value is -3.39. The highest BCUT2D eigenvalue weighted by atomic mass is 32.1. The minimum Gasteiger partial charge on any atom is -0.265 e. The number of para-hydroxylation sites is 1. The summed E-state index contributed by atoms with van der Waals surface area (Å²) in [7, 11) is 0. The summed E-state index contributed by atoms with van der Waals surface area (Å²) in [5, 5.41) is 18.7. The molecule has 0 radical (unpaired) electrons. The first-order valence-corrected chi connectivity index (χ1v) is 8.86. The van der Waals surface area contributed by atoms with Crippen molar-refractivity contribution in [3.63, 3.8) is 0 Å². The van der Waals surface area contributed by atoms with Crippen molar-refractivity contribution in [2.75, 3.05) is 0 Å². The smallest absolute Gasteiger partial charge is 0.235 e. The van der Waals surface area contributed by atoms with Gasteiger partial charge < -0.3 is 0 Å². The first-order chi connectivity index (χ1) is 12.8. The Bertz CT molecular complexity index is 1190. The van der Waals surface area contributed by atoms with E-state index in [1.54, 1.807) is 16.9 Å². The largest absolute Gasteiger partial charge is 0.265 e. The van der Waals surface area contributed by atoms with Crippen LogP contribution in [0.4, 0.5) is 0 Å². The van der Waals surface area contributed by atoms with E-state index >= 15 is 0 Å². The maximum atomic E-state index is 4.69. The molecular formula is C18H13N7S. The van der Waals surface area contributed by atoms with Gasteiger partial charge in [-0.3, -0.25) is 4.98 Å². The molecule has 0 N–H and O–H groups in total. The fraction of sp³-hybridized carbons (Fsp3) is 0.0556. The van der Waals surface area contributed by atoms with E-state index in [1.807, 2.05) is 60.3 Å². The molecule has 0 atom stereocenters. The van der Waals surface area contributed by atoms with Gasteiger partial charge in [0.25, 0.3) is 0 Å². The van der Waals surface area contributed by atoms with Gasteiger partial charge in [-0.1, -0.05) is 29.5 Å². The van der Waals surface area contributed by atoms with Crippen LogP contribution in [0.3, 0.4) is 0 Å². The predicted octanol–water partition coefficient (Wildman–Crippen LogP) is 3.41. The van der Waals surface area contributed by atoms with Crippen LogP contribution in [-0.2, 0) is 0 Å². The molecule has 126 valence electrons. The van der Waals surface area contributed by atoms with Crippen molar-refractivity contribution in [2.24, 2.45) is 0 Å². The van der Waals surface area contributed by atoms with Crippen LogP contribution >= 0.6 is 11.3 Å². The number of hydrogen-bond acceptors (Lipinski definition) is 6. The molecular weight excluding hydrogens is 346 g/mol. The summed E-state index contributed by atoms with van der Waals surface area (Å²) >= 11 is 1.50. The van der Waals surface area contributed by atoms with Crippen LogP contribution in [0.2, 0.25) is 0 Å². The molecule has 0 saturated heterocycles. The molecule has 5 aromatic rings. The molecule has 0 saturated carbocycles. The Kier molecular flexibility index (Phi) is 3.36. The van der Waals surface area contributed by atoms with E-state index in [2.05, 4.69) is 25.4 Å². The van der Waals surface area contributed by atoms with Crippen molar-refractivity contribution < 1.29 is 0 Å². The van der Waals surface area contributed by atoms with Gasteiger partial charge in [0.2, 0.25) is 4.96 Å². The van der Waals surface area contributed by atoms with E-state index in [4.69, 9.17) is 0 Å². The van der Waals surface area contributed by atoms with E-state index in [0.29, 0.717) is 5.82 Å². The first kappa shape index (κ1) is 14.9. The zero-order valence-electron chi connectivity index (χ0n) is 13.8. The number of pyridine rings is 1. The molecule has 0 unspecified atom stereocenters. The van der Waals surface area contributed by atoms with Gasteiger partial charge in [0.05, 0.1) is 23.1 Å². The van der Waals surface area contributed by atoms with Crippen molar-refractivity contribution >= 4 is 16.3 Å². The molecule has 0 spiro atoms. The second-order valence-electron chi connectivity index (χ2n) is 5.75. The van der Waals surface area contributed by atoms with Gasteiger partial charge in [-0.15, -0.1) is 10.2 Å². The van der Waals surface area contributed by atoms with Crippen LogP contribution in [0.15, 0.2) is 61.1 Å². The van der Waals surface area contributed by atoms with Crippen molar-refractivity contribution in [1.82, 2.24) is 34.6 Å². The third kappa shape index (κ3) is 2.31. The monoisotopic (exact) mass is 359 g/mol. The SMILES string of the molecule is Cc1c(-c2nnc3sc(-c4ccncc4)nn23)cnn1-c1ccccc1. The molecule has 8 heteroatoms. The molecule has 1 aromatic carbocycles. The second-order valence-corrected chi connectivity index (χ2v) is 6.71. The van der Waals surface area contributed by atoms with Gasteiger partial charge in [0.15, 0.2) is 5.82 Å². The lowest BCUT2D eigenvalue weighted by atomic mass is 10.2. The van der Waals surface area contributed by atoms with Gasteiger partial charge in [0, 0.05) is 18.0 Å². The summed E-state index contributed by atoms with van der Waals surface area (Å²) in [5.74, 6) is 0.691. The molecule has 4 aromatic heterocycles. The lowest BCUT2D eigenvalue weighted by Gasteiger charge is -2.04. The zero-order chi connectivity index (χ0) is 17.5. The lowest BCUT2D eigenvalue weighted by Crippen LogP contribution is -1.99. The number of fused-ring (bicyclic) bond motifs is 1. The Labute approximate surface area is 152 Å². The number of nitrogens with zero attached hydrogens (tertiary/aromatic N) is 7. The third-order valence-corrected chi connectivity index (χ3v) is 5.12. The van der Waals surface area contributed by atoms with Gasteiger partial charge >= 0.3 is 0 Å². The van der Waals surface area contributed by atoms with Gasteiger partial charge in [-0.05, 0) is 31.2 Å². The van der Waals surface area contributed by atoms with E-state index < -0.39 is 0 Å². The number of hydrogen-bond donors (Lipinski definition) is 0. The van der Waals surface area contributed by atoms with Gasteiger partial charge in [-0.25, -0.2) is 4.68 Å². The minimum atomic E-state index is 0.691. The average Bonchev–Trinajstić information content (AvgIpc) is 3.37. The molecule has 26 heavy (non-hydrogen) atoms. The van der Waals surface area contributed by atoms with Crippen LogP contribution in [-0.4, -0.2) is 34.6 Å². The molecule has 0 fully saturated rings. The summed E-state index contributed by atoms with van der Waals surface area (Å²) in [6.45, 7) is 2.02. The fourth-order valence-corrected chi connectivity index (χ4v) is 3.70. The molecule has 0 bridgehead atoms. The predicted molar refractivity (Wildman–Crippen MR) is 99.2 cm³/mol. The van der Waals surface area contributed by atoms with Crippen LogP contribution in [0.5, 0.6) is 0 Å². The van der Waals surface area contributed by atoms with E-state index in [1.165, 1.54) is 11.3 Å². The highest BCUT2D eigenvalue weighted by molar-refractivity contribution is 7.19. The standard InChI is InChI=1S/C18H13N7S/c1-12-15(11-20-24(12)14-5-3-2-4-6-14)16-21-22-18-25(16)23-17(26-18)13-7-9-19-10-8-13/h2-11H,1H3. The molecule has 0 aliphatic rings. The van der Waals surface area contributed by atoms with Crippen LogP contribution in [0.25, 0.3) is 32.6 Å². The van der Waals surface area contributed by atoms with Crippen LogP contribution < -0.4 is 0 Å². The normalized spacial score (nSPS) is 11.3. The lowest BCUT2D eigenvalue weighted by molar-refractivity contribution is 0.846. The summed E-state index contributed by atoms with van der Waals surface area (Å²) in [5.41, 5.74) is 3.92. The van der Waals surface area contributed by atoms with Crippen molar-refractivity contribution in [1.29, 1.82) is 0 Å². The maximum absolute atomic E-state index is 4.69. The Morgan fingerprint density at radius 3 is 2.58 bits per heavy atom. The zero-order valence-corrected chi connectivity index (χ0v) is 14.6. The Morgan fingerprint density at radius 2 is 1.77 bits per heavy atom. The first-order valence-electron chi connectivity index (χ1n) is 8.04. The molecule has 5 rings (SSSR count). The summed E-state index contributed by atoms with van der Waals surface area (Å²) in [4.78, 5) is 4.80. The van der Waals surface area contributed by atoms with Crippen molar-refractivity contribution in [3.05, 3.63) is 66.7 Å². The number of rotatable bonds is 3. The number of benzene rings is 1. The second kappa shape index (κ2) is 5.85. The minimum absolute atomic E-state index is 0.691. The quantitative estimate of drug-likeness (QED) is 0.493. The van der Waals surface area contributed by atoms with Crippen molar-refractivity contribution in [2.45, 2.75) is 6.92 Å². The number of aromatic nitrogens is 7. The molecule has 4 heterocycles. The molecule has 0 amide bonds. The van der Waals surface area contributed by atoms with Crippen LogP contribution in [0.1, 0.15) is 5.69 Å². The highest BCUT2D eigenvalue weighted by Gasteiger charge is 2.19. The third-order valence-electron chi connectivity index (χ3n) is 4.17. The van der Waals surface area contributed by atoms with Crippen molar-refractivity contribution in [3.8, 4) is 27.6 Å². The highest BCUT2D eigenvalue weighted by Crippen LogP contribution is 2.29. The molecule has 7 nitrogen and oxygen atoms in total. The van der Waals surface area contributed by atoms with Gasteiger partial charge in [-0.2, -0.15) is 14.7 Å². The fourth-order valence-electron chi connectivity index (χ4n) is 2.85. The van der Waals surface area contributed by atoms with E-state index in [0.717, 1.165) is 32.5 Å². The van der Waals surface area contributed by atoms with Crippen LogP contribution in [0, 0.1) is 6.92 Å². The molecule has 0 aliphatic heterocycles. The maximum Gasteiger partial charge on any atom is 0.235 e.